The van der Waals surface area contributed by atoms with E-state index in [-0.39, 0.29) is 12.2 Å². The van der Waals surface area contributed by atoms with Crippen molar-refractivity contribution in [1.82, 2.24) is 0 Å². The first-order valence-electron chi connectivity index (χ1n) is 5.73. The molecule has 100 valence electrons. The van der Waals surface area contributed by atoms with E-state index in [1.54, 1.807) is 6.07 Å². The van der Waals surface area contributed by atoms with E-state index in [1.165, 1.54) is 0 Å². The summed E-state index contributed by atoms with van der Waals surface area (Å²) in [5.41, 5.74) is 1.70. The summed E-state index contributed by atoms with van der Waals surface area (Å²) >= 11 is 0. The first-order chi connectivity index (χ1) is 8.25. The maximum atomic E-state index is 10.7. The van der Waals surface area contributed by atoms with Gasteiger partial charge in [-0.15, -0.1) is 0 Å². The van der Waals surface area contributed by atoms with Gasteiger partial charge in [0, 0.05) is 0 Å². The van der Waals surface area contributed by atoms with Gasteiger partial charge in [0.1, 0.15) is 11.4 Å². The summed E-state index contributed by atoms with van der Waals surface area (Å²) in [6.07, 6.45) is 1.84. The van der Waals surface area contributed by atoms with Crippen LogP contribution in [0.4, 0.5) is 0 Å². The van der Waals surface area contributed by atoms with E-state index in [0.29, 0.717) is 0 Å². The van der Waals surface area contributed by atoms with Crippen molar-refractivity contribution < 1.29 is 17.3 Å². The molecule has 1 aliphatic heterocycles. The SMILES string of the molecule is CC1(C)CCc2cc(COS(N)(=O)=O)ccc2O1. The Hall–Kier alpha value is -1.11. The van der Waals surface area contributed by atoms with E-state index in [2.05, 4.69) is 4.18 Å². The number of fused-ring (bicyclic) bond motifs is 1. The van der Waals surface area contributed by atoms with Crippen LogP contribution in [0.3, 0.4) is 0 Å². The van der Waals surface area contributed by atoms with Gasteiger partial charge in [-0.3, -0.25) is 4.18 Å². The average Bonchev–Trinajstić information content (AvgIpc) is 2.24. The van der Waals surface area contributed by atoms with E-state index in [9.17, 15) is 8.42 Å². The molecule has 2 rings (SSSR count). The van der Waals surface area contributed by atoms with Crippen molar-refractivity contribution in [1.29, 1.82) is 0 Å². The van der Waals surface area contributed by atoms with Crippen LogP contribution in [0.25, 0.3) is 0 Å². The van der Waals surface area contributed by atoms with Gasteiger partial charge >= 0.3 is 10.3 Å². The van der Waals surface area contributed by atoms with Crippen LogP contribution >= 0.6 is 0 Å². The van der Waals surface area contributed by atoms with Gasteiger partial charge in [0.05, 0.1) is 6.61 Å². The first-order valence-corrected chi connectivity index (χ1v) is 7.20. The lowest BCUT2D eigenvalue weighted by Crippen LogP contribution is -2.32. The van der Waals surface area contributed by atoms with Crippen molar-refractivity contribution in [2.45, 2.75) is 38.9 Å². The molecule has 0 saturated heterocycles. The van der Waals surface area contributed by atoms with Gasteiger partial charge in [-0.2, -0.15) is 8.42 Å². The molecule has 0 radical (unpaired) electrons. The Labute approximate surface area is 107 Å². The van der Waals surface area contributed by atoms with Crippen LogP contribution in [0.15, 0.2) is 18.2 Å². The molecule has 6 heteroatoms. The van der Waals surface area contributed by atoms with E-state index in [1.807, 2.05) is 26.0 Å². The molecule has 0 atom stereocenters. The van der Waals surface area contributed by atoms with Gasteiger partial charge in [0.2, 0.25) is 0 Å². The Morgan fingerprint density at radius 3 is 2.83 bits per heavy atom. The number of nitrogens with two attached hydrogens (primary N) is 1. The third-order valence-corrected chi connectivity index (χ3v) is 3.34. The topological polar surface area (TPSA) is 78.6 Å². The zero-order valence-corrected chi connectivity index (χ0v) is 11.3. The lowest BCUT2D eigenvalue weighted by atomic mass is 9.93. The Kier molecular flexibility index (Phi) is 3.35. The van der Waals surface area contributed by atoms with Crippen LogP contribution in [0.5, 0.6) is 5.75 Å². The van der Waals surface area contributed by atoms with Crippen LogP contribution in [-0.4, -0.2) is 14.0 Å². The number of benzene rings is 1. The van der Waals surface area contributed by atoms with Crippen LogP contribution in [-0.2, 0) is 27.5 Å². The van der Waals surface area contributed by atoms with Crippen molar-refractivity contribution in [2.75, 3.05) is 0 Å². The molecule has 2 N–H and O–H groups in total. The maximum absolute atomic E-state index is 10.7. The maximum Gasteiger partial charge on any atom is 0.333 e. The Bertz CT molecular complexity index is 551. The largest absolute Gasteiger partial charge is 0.488 e. The lowest BCUT2D eigenvalue weighted by Gasteiger charge is -2.32. The first kappa shape index (κ1) is 13.3. The summed E-state index contributed by atoms with van der Waals surface area (Å²) in [5.74, 6) is 0.852. The van der Waals surface area contributed by atoms with Crippen LogP contribution < -0.4 is 9.88 Å². The molecule has 18 heavy (non-hydrogen) atoms. The summed E-state index contributed by atoms with van der Waals surface area (Å²) < 4.78 is 31.8. The second-order valence-electron chi connectivity index (χ2n) is 5.06. The smallest absolute Gasteiger partial charge is 0.333 e. The Morgan fingerprint density at radius 2 is 2.17 bits per heavy atom. The van der Waals surface area contributed by atoms with Crippen molar-refractivity contribution >= 4 is 10.3 Å². The molecule has 1 heterocycles. The molecule has 1 aromatic carbocycles. The molecule has 1 aromatic rings. The van der Waals surface area contributed by atoms with E-state index < -0.39 is 10.3 Å². The predicted molar refractivity (Wildman–Crippen MR) is 67.4 cm³/mol. The molecule has 0 aromatic heterocycles. The highest BCUT2D eigenvalue weighted by atomic mass is 32.2. The fourth-order valence-corrected chi connectivity index (χ4v) is 2.25. The van der Waals surface area contributed by atoms with Crippen molar-refractivity contribution in [2.24, 2.45) is 5.14 Å². The fraction of sp³-hybridized carbons (Fsp3) is 0.500. The minimum absolute atomic E-state index is 0.0461. The van der Waals surface area contributed by atoms with E-state index in [4.69, 9.17) is 9.88 Å². The molecule has 0 unspecified atom stereocenters. The molecule has 0 fully saturated rings. The van der Waals surface area contributed by atoms with Crippen molar-refractivity contribution in [3.8, 4) is 5.75 Å². The highest BCUT2D eigenvalue weighted by molar-refractivity contribution is 7.84. The highest BCUT2D eigenvalue weighted by Gasteiger charge is 2.26. The third-order valence-electron chi connectivity index (χ3n) is 2.90. The van der Waals surface area contributed by atoms with E-state index >= 15 is 0 Å². The Morgan fingerprint density at radius 1 is 1.44 bits per heavy atom. The molecule has 0 bridgehead atoms. The average molecular weight is 271 g/mol. The molecule has 5 nitrogen and oxygen atoms in total. The molecule has 0 amide bonds. The summed E-state index contributed by atoms with van der Waals surface area (Å²) in [5, 5.41) is 4.78. The number of rotatable bonds is 3. The molecule has 0 saturated carbocycles. The number of hydrogen-bond donors (Lipinski definition) is 1. The van der Waals surface area contributed by atoms with Crippen LogP contribution in [0, 0.1) is 0 Å². The van der Waals surface area contributed by atoms with Gasteiger partial charge in [0.15, 0.2) is 0 Å². The van der Waals surface area contributed by atoms with Crippen LogP contribution in [0.1, 0.15) is 31.4 Å². The minimum Gasteiger partial charge on any atom is -0.488 e. The molecule has 0 spiro atoms. The Balaban J connectivity index is 2.14. The standard InChI is InChI=1S/C12H17NO4S/c1-12(2)6-5-10-7-9(3-4-11(10)17-12)8-16-18(13,14)15/h3-4,7H,5-6,8H2,1-2H3,(H2,13,14,15). The lowest BCUT2D eigenvalue weighted by molar-refractivity contribution is 0.0846. The van der Waals surface area contributed by atoms with Crippen molar-refractivity contribution in [3.63, 3.8) is 0 Å². The van der Waals surface area contributed by atoms with Gasteiger partial charge in [-0.25, -0.2) is 5.14 Å². The van der Waals surface area contributed by atoms with Gasteiger partial charge in [0.25, 0.3) is 0 Å². The second kappa shape index (κ2) is 4.53. The molecule has 0 aliphatic carbocycles. The monoisotopic (exact) mass is 271 g/mol. The summed E-state index contributed by atoms with van der Waals surface area (Å²) in [7, 11) is -3.89. The number of ether oxygens (including phenoxy) is 1. The number of aryl methyl sites for hydroxylation is 1. The fourth-order valence-electron chi connectivity index (χ4n) is 1.95. The molecular weight excluding hydrogens is 254 g/mol. The third kappa shape index (κ3) is 3.44. The van der Waals surface area contributed by atoms with Crippen molar-refractivity contribution in [3.05, 3.63) is 29.3 Å². The molecular formula is C12H17NO4S. The summed E-state index contributed by atoms with van der Waals surface area (Å²) in [6, 6.07) is 5.53. The quantitative estimate of drug-likeness (QED) is 0.903. The predicted octanol–water partition coefficient (Wildman–Crippen LogP) is 1.51. The van der Waals surface area contributed by atoms with Crippen LogP contribution in [0.2, 0.25) is 0 Å². The normalized spacial score (nSPS) is 17.9. The van der Waals surface area contributed by atoms with Gasteiger partial charge < -0.3 is 4.74 Å². The van der Waals surface area contributed by atoms with E-state index in [0.717, 1.165) is 29.7 Å². The second-order valence-corrected chi connectivity index (χ2v) is 6.28. The number of hydrogen-bond acceptors (Lipinski definition) is 4. The zero-order valence-electron chi connectivity index (χ0n) is 10.5. The summed E-state index contributed by atoms with van der Waals surface area (Å²) in [6.45, 7) is 4.05. The molecule has 1 aliphatic rings. The highest BCUT2D eigenvalue weighted by Crippen LogP contribution is 2.33. The van der Waals surface area contributed by atoms with Gasteiger partial charge in [-0.1, -0.05) is 6.07 Å². The summed E-state index contributed by atoms with van der Waals surface area (Å²) in [4.78, 5) is 0. The minimum atomic E-state index is -3.89. The van der Waals surface area contributed by atoms with Gasteiger partial charge in [-0.05, 0) is 49.9 Å². The zero-order chi connectivity index (χ0) is 13.4.